The Morgan fingerprint density at radius 1 is 1.19 bits per heavy atom. The van der Waals surface area contributed by atoms with Gasteiger partial charge in [0.05, 0.1) is 0 Å². The Morgan fingerprint density at radius 3 is 2.62 bits per heavy atom. The van der Waals surface area contributed by atoms with E-state index in [4.69, 9.17) is 27.6 Å². The number of carbonyl (C=O) groups is 1. The van der Waals surface area contributed by atoms with Crippen LogP contribution in [0.1, 0.15) is 16.1 Å². The van der Waals surface area contributed by atoms with Gasteiger partial charge < -0.3 is 9.73 Å². The summed E-state index contributed by atoms with van der Waals surface area (Å²) in [6, 6.07) is 7.31. The van der Waals surface area contributed by atoms with Crippen molar-refractivity contribution in [3.63, 3.8) is 0 Å². The Hall–Kier alpha value is -2.11. The predicted octanol–water partition coefficient (Wildman–Crippen LogP) is 4.09. The fraction of sp³-hybridized carbons (Fsp3) is 0.0714. The van der Waals surface area contributed by atoms with Crippen LogP contribution >= 0.6 is 23.2 Å². The first-order valence-corrected chi connectivity index (χ1v) is 6.78. The Balaban J connectivity index is 1.94. The molecule has 0 fully saturated rings. The van der Waals surface area contributed by atoms with Crippen LogP contribution in [0, 0.1) is 6.92 Å². The molecule has 3 rings (SSSR count). The van der Waals surface area contributed by atoms with Crippen molar-refractivity contribution in [1.82, 2.24) is 9.97 Å². The lowest BCUT2D eigenvalue weighted by atomic mass is 10.2. The van der Waals surface area contributed by atoms with Crippen LogP contribution in [0.2, 0.25) is 10.3 Å². The summed E-state index contributed by atoms with van der Waals surface area (Å²) >= 11 is 11.8. The Bertz CT molecular complexity index is 825. The molecular weight excluding hydrogens is 313 g/mol. The SMILES string of the molecule is Cc1ccc2oc(C(=O)Nc3c(Cl)ncnc3Cl)cc2c1. The lowest BCUT2D eigenvalue weighted by Gasteiger charge is -2.05. The lowest BCUT2D eigenvalue weighted by Crippen LogP contribution is -2.12. The highest BCUT2D eigenvalue weighted by Gasteiger charge is 2.16. The van der Waals surface area contributed by atoms with Gasteiger partial charge in [-0.15, -0.1) is 0 Å². The van der Waals surface area contributed by atoms with Crippen LogP contribution in [0.15, 0.2) is 35.0 Å². The van der Waals surface area contributed by atoms with Crippen LogP contribution in [0.3, 0.4) is 0 Å². The normalized spacial score (nSPS) is 10.8. The van der Waals surface area contributed by atoms with E-state index < -0.39 is 5.91 Å². The van der Waals surface area contributed by atoms with Gasteiger partial charge in [-0.25, -0.2) is 9.97 Å². The molecule has 0 saturated heterocycles. The third kappa shape index (κ3) is 2.70. The van der Waals surface area contributed by atoms with Crippen molar-refractivity contribution < 1.29 is 9.21 Å². The van der Waals surface area contributed by atoms with E-state index in [-0.39, 0.29) is 21.8 Å². The molecule has 106 valence electrons. The van der Waals surface area contributed by atoms with E-state index in [1.54, 1.807) is 6.07 Å². The van der Waals surface area contributed by atoms with E-state index in [1.807, 2.05) is 25.1 Å². The topological polar surface area (TPSA) is 68.0 Å². The second kappa shape index (κ2) is 5.35. The summed E-state index contributed by atoms with van der Waals surface area (Å²) in [4.78, 5) is 19.7. The fourth-order valence-corrected chi connectivity index (χ4v) is 2.31. The van der Waals surface area contributed by atoms with Crippen molar-refractivity contribution in [1.29, 1.82) is 0 Å². The van der Waals surface area contributed by atoms with Crippen LogP contribution in [0.4, 0.5) is 5.69 Å². The summed E-state index contributed by atoms with van der Waals surface area (Å²) in [6.45, 7) is 1.97. The Morgan fingerprint density at radius 2 is 1.90 bits per heavy atom. The van der Waals surface area contributed by atoms with Crippen molar-refractivity contribution >= 4 is 45.8 Å². The van der Waals surface area contributed by atoms with Crippen LogP contribution in [-0.4, -0.2) is 15.9 Å². The van der Waals surface area contributed by atoms with Crippen molar-refractivity contribution in [2.75, 3.05) is 5.32 Å². The van der Waals surface area contributed by atoms with Crippen LogP contribution in [0.25, 0.3) is 11.0 Å². The molecule has 0 aliphatic heterocycles. The van der Waals surface area contributed by atoms with Gasteiger partial charge in [-0.05, 0) is 25.1 Å². The van der Waals surface area contributed by atoms with Gasteiger partial charge in [0.25, 0.3) is 5.91 Å². The van der Waals surface area contributed by atoms with Gasteiger partial charge in [0.2, 0.25) is 0 Å². The summed E-state index contributed by atoms with van der Waals surface area (Å²) in [7, 11) is 0. The number of halogens is 2. The highest BCUT2D eigenvalue weighted by molar-refractivity contribution is 6.38. The van der Waals surface area contributed by atoms with Crippen molar-refractivity contribution in [3.05, 3.63) is 52.2 Å². The fourth-order valence-electron chi connectivity index (χ4n) is 1.90. The molecule has 7 heteroatoms. The summed E-state index contributed by atoms with van der Waals surface area (Å²) in [6.07, 6.45) is 1.21. The zero-order valence-corrected chi connectivity index (χ0v) is 12.4. The van der Waals surface area contributed by atoms with Gasteiger partial charge in [0.15, 0.2) is 16.1 Å². The van der Waals surface area contributed by atoms with Crippen LogP contribution in [0.5, 0.6) is 0 Å². The summed E-state index contributed by atoms with van der Waals surface area (Å²) < 4.78 is 5.50. The number of carbonyl (C=O) groups excluding carboxylic acids is 1. The second-order valence-corrected chi connectivity index (χ2v) is 5.15. The minimum absolute atomic E-state index is 0.0651. The first-order chi connectivity index (χ1) is 10.0. The smallest absolute Gasteiger partial charge is 0.291 e. The third-order valence-electron chi connectivity index (χ3n) is 2.89. The zero-order valence-electron chi connectivity index (χ0n) is 10.9. The van der Waals surface area contributed by atoms with Gasteiger partial charge in [-0.2, -0.15) is 0 Å². The molecule has 0 atom stereocenters. The van der Waals surface area contributed by atoms with Crippen molar-refractivity contribution in [2.24, 2.45) is 0 Å². The number of hydrogen-bond acceptors (Lipinski definition) is 4. The van der Waals surface area contributed by atoms with Gasteiger partial charge in [0, 0.05) is 5.39 Å². The van der Waals surface area contributed by atoms with Gasteiger partial charge in [-0.1, -0.05) is 34.8 Å². The zero-order chi connectivity index (χ0) is 15.0. The van der Waals surface area contributed by atoms with Gasteiger partial charge in [0.1, 0.15) is 17.6 Å². The first kappa shape index (κ1) is 13.9. The highest BCUT2D eigenvalue weighted by Crippen LogP contribution is 2.27. The lowest BCUT2D eigenvalue weighted by molar-refractivity contribution is 0.0998. The number of aromatic nitrogens is 2. The predicted molar refractivity (Wildman–Crippen MR) is 81.0 cm³/mol. The Labute approximate surface area is 129 Å². The molecule has 0 saturated carbocycles. The third-order valence-corrected chi connectivity index (χ3v) is 3.46. The molecule has 1 amide bonds. The molecule has 3 aromatic rings. The summed E-state index contributed by atoms with van der Waals surface area (Å²) in [5.74, 6) is -0.311. The van der Waals surface area contributed by atoms with Gasteiger partial charge in [-0.3, -0.25) is 4.79 Å². The number of rotatable bonds is 2. The standard InChI is InChI=1S/C14H9Cl2N3O2/c1-7-2-3-9-8(4-7)5-10(21-9)14(20)19-11-12(15)17-6-18-13(11)16/h2-6H,1H3,(H,19,20). The van der Waals surface area contributed by atoms with Crippen LogP contribution in [-0.2, 0) is 0 Å². The van der Waals surface area contributed by atoms with E-state index in [0.717, 1.165) is 10.9 Å². The molecule has 2 aromatic heterocycles. The van der Waals surface area contributed by atoms with E-state index in [2.05, 4.69) is 15.3 Å². The summed E-state index contributed by atoms with van der Waals surface area (Å²) in [5.41, 5.74) is 1.87. The number of hydrogen-bond donors (Lipinski definition) is 1. The monoisotopic (exact) mass is 321 g/mol. The highest BCUT2D eigenvalue weighted by atomic mass is 35.5. The largest absolute Gasteiger partial charge is 0.451 e. The minimum atomic E-state index is -0.470. The number of benzene rings is 1. The van der Waals surface area contributed by atoms with Crippen LogP contribution < -0.4 is 5.32 Å². The molecule has 0 unspecified atom stereocenters. The number of amides is 1. The maximum absolute atomic E-state index is 12.2. The molecular formula is C14H9Cl2N3O2. The molecule has 0 spiro atoms. The van der Waals surface area contributed by atoms with E-state index in [1.165, 1.54) is 6.33 Å². The maximum Gasteiger partial charge on any atom is 0.291 e. The van der Waals surface area contributed by atoms with Crippen molar-refractivity contribution in [2.45, 2.75) is 6.92 Å². The number of nitrogens with zero attached hydrogens (tertiary/aromatic N) is 2. The average Bonchev–Trinajstić information content (AvgIpc) is 2.86. The molecule has 0 aliphatic carbocycles. The van der Waals surface area contributed by atoms with Crippen molar-refractivity contribution in [3.8, 4) is 0 Å². The maximum atomic E-state index is 12.2. The number of nitrogens with one attached hydrogen (secondary N) is 1. The molecule has 21 heavy (non-hydrogen) atoms. The second-order valence-electron chi connectivity index (χ2n) is 4.44. The summed E-state index contributed by atoms with van der Waals surface area (Å²) in [5, 5.41) is 3.53. The molecule has 0 bridgehead atoms. The number of fused-ring (bicyclic) bond motifs is 1. The molecule has 0 aliphatic rings. The number of furan rings is 1. The quantitative estimate of drug-likeness (QED) is 0.722. The molecule has 1 aromatic carbocycles. The molecule has 1 N–H and O–H groups in total. The molecule has 2 heterocycles. The van der Waals surface area contributed by atoms with Gasteiger partial charge >= 0.3 is 0 Å². The van der Waals surface area contributed by atoms with E-state index in [0.29, 0.717) is 5.58 Å². The van der Waals surface area contributed by atoms with E-state index >= 15 is 0 Å². The average molecular weight is 322 g/mol. The minimum Gasteiger partial charge on any atom is -0.451 e. The molecule has 5 nitrogen and oxygen atoms in total. The number of anilines is 1. The van der Waals surface area contributed by atoms with E-state index in [9.17, 15) is 4.79 Å². The first-order valence-electron chi connectivity index (χ1n) is 6.02. The molecule has 0 radical (unpaired) electrons. The Kier molecular flexibility index (Phi) is 3.53. The number of aryl methyl sites for hydroxylation is 1.